The molecule has 2 aliphatic rings. The Morgan fingerprint density at radius 2 is 1.94 bits per heavy atom. The van der Waals surface area contributed by atoms with Gasteiger partial charge in [-0.2, -0.15) is 4.98 Å². The molecule has 5 rings (SSSR count). The molecule has 0 spiro atoms. The van der Waals surface area contributed by atoms with Gasteiger partial charge in [0, 0.05) is 30.8 Å². The highest BCUT2D eigenvalue weighted by Gasteiger charge is 2.54. The molecule has 0 radical (unpaired) electrons. The van der Waals surface area contributed by atoms with E-state index in [9.17, 15) is 5.11 Å². The number of pyridine rings is 1. The topological polar surface area (TPSA) is 80.6 Å². The van der Waals surface area contributed by atoms with Gasteiger partial charge in [-0.1, -0.05) is 57.0 Å². The average Bonchev–Trinajstić information content (AvgIpc) is 3.49. The third kappa shape index (κ3) is 4.62. The molecule has 0 amide bonds. The molecule has 4 atom stereocenters. The lowest BCUT2D eigenvalue weighted by atomic mass is 9.91. The number of anilines is 1. The van der Waals surface area contributed by atoms with E-state index in [0.29, 0.717) is 29.2 Å². The van der Waals surface area contributed by atoms with Crippen LogP contribution in [0.5, 0.6) is 0 Å². The Hall–Kier alpha value is -2.32. The van der Waals surface area contributed by atoms with Gasteiger partial charge in [-0.25, -0.2) is 4.98 Å². The Bertz CT molecular complexity index is 1170. The molecule has 1 N–H and O–H groups in total. The van der Waals surface area contributed by atoms with Crippen LogP contribution in [0, 0.1) is 5.92 Å². The number of aromatic nitrogens is 3. The van der Waals surface area contributed by atoms with Crippen LogP contribution in [-0.2, 0) is 21.9 Å². The molecule has 2 aromatic heterocycles. The van der Waals surface area contributed by atoms with Crippen molar-refractivity contribution in [1.29, 1.82) is 0 Å². The molecule has 1 aliphatic heterocycles. The van der Waals surface area contributed by atoms with Crippen molar-refractivity contribution in [3.05, 3.63) is 59.0 Å². The normalized spacial score (nSPS) is 27.1. The Morgan fingerprint density at radius 3 is 2.66 bits per heavy atom. The molecule has 0 bridgehead atoms. The van der Waals surface area contributed by atoms with E-state index < -0.39 is 11.9 Å². The van der Waals surface area contributed by atoms with Gasteiger partial charge >= 0.3 is 0 Å². The second kappa shape index (κ2) is 9.97. The van der Waals surface area contributed by atoms with Crippen LogP contribution in [0.3, 0.4) is 0 Å². The van der Waals surface area contributed by atoms with Crippen molar-refractivity contribution >= 4 is 28.5 Å². The standard InChI is InChI=1S/C27H33ClN4O3/c1-4-22-17(2)24(34-16-18-10-6-5-7-11-18)27(33,35-22)19-14-21-23(29-15-19)25(31-26(28)30-21)32(3)20-12-8-9-13-20/h5-7,10-11,14-15,17,20,22,24,33H,4,8-9,12-13,16H2,1-3H3/t17-,22-,24-,27?/m1/s1. The van der Waals surface area contributed by atoms with Crippen LogP contribution in [0.2, 0.25) is 5.28 Å². The quantitative estimate of drug-likeness (QED) is 0.448. The monoisotopic (exact) mass is 496 g/mol. The lowest BCUT2D eigenvalue weighted by Gasteiger charge is -2.31. The van der Waals surface area contributed by atoms with Gasteiger partial charge in [0.2, 0.25) is 11.1 Å². The summed E-state index contributed by atoms with van der Waals surface area (Å²) in [7, 11) is 2.04. The second-order valence-corrected chi connectivity index (χ2v) is 10.1. The summed E-state index contributed by atoms with van der Waals surface area (Å²) in [6.45, 7) is 4.49. The van der Waals surface area contributed by atoms with E-state index in [-0.39, 0.29) is 17.3 Å². The van der Waals surface area contributed by atoms with Gasteiger partial charge in [-0.15, -0.1) is 0 Å². The van der Waals surface area contributed by atoms with E-state index in [1.165, 1.54) is 12.8 Å². The van der Waals surface area contributed by atoms with Crippen LogP contribution in [0.4, 0.5) is 5.82 Å². The maximum absolute atomic E-state index is 11.9. The van der Waals surface area contributed by atoms with Gasteiger partial charge in [0.1, 0.15) is 11.6 Å². The average molecular weight is 497 g/mol. The Balaban J connectivity index is 1.50. The third-order valence-corrected chi connectivity index (χ3v) is 7.73. The molecule has 1 saturated heterocycles. The van der Waals surface area contributed by atoms with Crippen molar-refractivity contribution in [3.8, 4) is 0 Å². The number of nitrogens with zero attached hydrogens (tertiary/aromatic N) is 4. The number of ether oxygens (including phenoxy) is 2. The second-order valence-electron chi connectivity index (χ2n) is 9.79. The molecule has 1 unspecified atom stereocenters. The number of fused-ring (bicyclic) bond motifs is 1. The fourth-order valence-corrected chi connectivity index (χ4v) is 5.72. The molecular formula is C27H33ClN4O3. The summed E-state index contributed by atoms with van der Waals surface area (Å²) in [5, 5.41) is 12.0. The van der Waals surface area contributed by atoms with E-state index in [1.807, 2.05) is 43.4 Å². The smallest absolute Gasteiger partial charge is 0.225 e. The first-order valence-electron chi connectivity index (χ1n) is 12.5. The highest BCUT2D eigenvalue weighted by Crippen LogP contribution is 2.44. The van der Waals surface area contributed by atoms with Crippen molar-refractivity contribution in [2.24, 2.45) is 5.92 Å². The summed E-state index contributed by atoms with van der Waals surface area (Å²) < 4.78 is 12.5. The summed E-state index contributed by atoms with van der Waals surface area (Å²) in [6.07, 6.45) is 6.41. The zero-order valence-corrected chi connectivity index (χ0v) is 21.3. The van der Waals surface area contributed by atoms with E-state index in [0.717, 1.165) is 30.6 Å². The fraction of sp³-hybridized carbons (Fsp3) is 0.519. The molecule has 1 saturated carbocycles. The predicted molar refractivity (Wildman–Crippen MR) is 136 cm³/mol. The SMILES string of the molecule is CC[C@H]1OC(O)(c2cnc3c(N(C)C4CCCC4)nc(Cl)nc3c2)[C@H](OCc2ccccc2)[C@@H]1C. The molecule has 7 nitrogen and oxygen atoms in total. The van der Waals surface area contributed by atoms with Crippen LogP contribution < -0.4 is 4.90 Å². The van der Waals surface area contributed by atoms with Gasteiger partial charge < -0.3 is 19.5 Å². The molecular weight excluding hydrogens is 464 g/mol. The first-order valence-corrected chi connectivity index (χ1v) is 12.9. The maximum Gasteiger partial charge on any atom is 0.225 e. The predicted octanol–water partition coefficient (Wildman–Crippen LogP) is 5.23. The number of hydrogen-bond acceptors (Lipinski definition) is 7. The zero-order chi connectivity index (χ0) is 24.6. The van der Waals surface area contributed by atoms with Crippen molar-refractivity contribution in [2.75, 3.05) is 11.9 Å². The third-order valence-electron chi connectivity index (χ3n) is 7.57. The van der Waals surface area contributed by atoms with Crippen LogP contribution >= 0.6 is 11.6 Å². The van der Waals surface area contributed by atoms with Crippen LogP contribution in [0.1, 0.15) is 57.1 Å². The minimum Gasteiger partial charge on any atom is -0.367 e. The van der Waals surface area contributed by atoms with Crippen molar-refractivity contribution in [1.82, 2.24) is 15.0 Å². The maximum atomic E-state index is 11.9. The summed E-state index contributed by atoms with van der Waals surface area (Å²) >= 11 is 6.34. The van der Waals surface area contributed by atoms with Crippen molar-refractivity contribution < 1.29 is 14.6 Å². The van der Waals surface area contributed by atoms with E-state index in [1.54, 1.807) is 6.20 Å². The van der Waals surface area contributed by atoms with Crippen LogP contribution in [0.15, 0.2) is 42.6 Å². The Labute approximate surface area is 211 Å². The fourth-order valence-electron chi connectivity index (χ4n) is 5.55. The Kier molecular flexibility index (Phi) is 6.95. The highest BCUT2D eigenvalue weighted by atomic mass is 35.5. The molecule has 186 valence electrons. The van der Waals surface area contributed by atoms with Gasteiger partial charge in [-0.3, -0.25) is 4.98 Å². The first-order chi connectivity index (χ1) is 16.9. The number of aliphatic hydroxyl groups is 1. The van der Waals surface area contributed by atoms with E-state index >= 15 is 0 Å². The molecule has 1 aliphatic carbocycles. The highest BCUT2D eigenvalue weighted by molar-refractivity contribution is 6.28. The van der Waals surface area contributed by atoms with Crippen molar-refractivity contribution in [2.45, 2.75) is 76.6 Å². The molecule has 8 heteroatoms. The zero-order valence-electron chi connectivity index (χ0n) is 20.5. The minimum absolute atomic E-state index is 0.0116. The lowest BCUT2D eigenvalue weighted by Crippen LogP contribution is -2.40. The van der Waals surface area contributed by atoms with Crippen molar-refractivity contribution in [3.63, 3.8) is 0 Å². The molecule has 35 heavy (non-hydrogen) atoms. The molecule has 3 aromatic rings. The van der Waals surface area contributed by atoms with Gasteiger partial charge in [0.25, 0.3) is 0 Å². The Morgan fingerprint density at radius 1 is 1.20 bits per heavy atom. The van der Waals surface area contributed by atoms with Gasteiger partial charge in [0.05, 0.1) is 18.2 Å². The van der Waals surface area contributed by atoms with Crippen LogP contribution in [0.25, 0.3) is 11.0 Å². The minimum atomic E-state index is -1.65. The number of halogens is 1. The first kappa shape index (κ1) is 24.4. The summed E-state index contributed by atoms with van der Waals surface area (Å²) in [6, 6.07) is 12.2. The summed E-state index contributed by atoms with van der Waals surface area (Å²) in [4.78, 5) is 15.8. The number of rotatable bonds is 7. The molecule has 1 aromatic carbocycles. The number of hydrogen-bond donors (Lipinski definition) is 1. The molecule has 3 heterocycles. The van der Waals surface area contributed by atoms with Gasteiger partial charge in [-0.05, 0) is 42.5 Å². The summed E-state index contributed by atoms with van der Waals surface area (Å²) in [5.41, 5.74) is 2.79. The van der Waals surface area contributed by atoms with E-state index in [4.69, 9.17) is 26.1 Å². The largest absolute Gasteiger partial charge is 0.367 e. The number of benzene rings is 1. The van der Waals surface area contributed by atoms with Crippen LogP contribution in [-0.4, -0.2) is 45.4 Å². The van der Waals surface area contributed by atoms with Gasteiger partial charge in [0.15, 0.2) is 5.82 Å². The van der Waals surface area contributed by atoms with E-state index in [2.05, 4.69) is 28.7 Å². The molecule has 2 fully saturated rings. The summed E-state index contributed by atoms with van der Waals surface area (Å²) in [5.74, 6) is -0.942. The lowest BCUT2D eigenvalue weighted by molar-refractivity contribution is -0.248.